The number of alkyl halides is 1. The first-order valence-corrected chi connectivity index (χ1v) is 8.11. The van der Waals surface area contributed by atoms with Gasteiger partial charge >= 0.3 is 0 Å². The Morgan fingerprint density at radius 1 is 1.09 bits per heavy atom. The molecular formula is C20H24FN. The van der Waals surface area contributed by atoms with E-state index in [-0.39, 0.29) is 6.04 Å². The Kier molecular flexibility index (Phi) is 4.30. The third kappa shape index (κ3) is 3.07. The van der Waals surface area contributed by atoms with Crippen LogP contribution in [-0.4, -0.2) is 12.6 Å². The smallest absolute Gasteiger partial charge is 0.139 e. The highest BCUT2D eigenvalue weighted by atomic mass is 19.1. The lowest BCUT2D eigenvalue weighted by Gasteiger charge is -2.37. The quantitative estimate of drug-likeness (QED) is 0.882. The molecule has 0 amide bonds. The first kappa shape index (κ1) is 15.2. The highest BCUT2D eigenvalue weighted by Crippen LogP contribution is 2.39. The van der Waals surface area contributed by atoms with Crippen LogP contribution >= 0.6 is 0 Å². The van der Waals surface area contributed by atoms with Crippen LogP contribution in [-0.2, 0) is 12.1 Å². The van der Waals surface area contributed by atoms with E-state index in [1.54, 1.807) is 0 Å². The molecule has 1 aliphatic heterocycles. The lowest BCUT2D eigenvalue weighted by Crippen LogP contribution is -2.45. The van der Waals surface area contributed by atoms with Crippen molar-refractivity contribution in [2.24, 2.45) is 0 Å². The molecule has 1 saturated heterocycles. The second kappa shape index (κ2) is 6.21. The van der Waals surface area contributed by atoms with E-state index in [4.69, 9.17) is 0 Å². The summed E-state index contributed by atoms with van der Waals surface area (Å²) >= 11 is 0. The summed E-state index contributed by atoms with van der Waals surface area (Å²) in [5.74, 6) is 0. The van der Waals surface area contributed by atoms with Crippen molar-refractivity contribution in [2.45, 2.75) is 44.8 Å². The van der Waals surface area contributed by atoms with Gasteiger partial charge in [0.2, 0.25) is 0 Å². The van der Waals surface area contributed by atoms with Crippen molar-refractivity contribution in [1.82, 2.24) is 5.32 Å². The van der Waals surface area contributed by atoms with Gasteiger partial charge in [-0.3, -0.25) is 0 Å². The Labute approximate surface area is 132 Å². The van der Waals surface area contributed by atoms with Crippen LogP contribution in [0.25, 0.3) is 0 Å². The maximum absolute atomic E-state index is 15.7. The van der Waals surface area contributed by atoms with E-state index in [0.29, 0.717) is 12.8 Å². The molecule has 2 heteroatoms. The number of nitrogens with one attached hydrogen (secondary N) is 1. The van der Waals surface area contributed by atoms with E-state index < -0.39 is 5.67 Å². The zero-order valence-electron chi connectivity index (χ0n) is 13.4. The third-order valence-corrected chi connectivity index (χ3v) is 4.94. The second-order valence-electron chi connectivity index (χ2n) is 6.51. The molecule has 116 valence electrons. The van der Waals surface area contributed by atoms with Crippen molar-refractivity contribution < 1.29 is 4.39 Å². The van der Waals surface area contributed by atoms with Crippen molar-refractivity contribution in [3.05, 3.63) is 70.8 Å². The largest absolute Gasteiger partial charge is 0.313 e. The van der Waals surface area contributed by atoms with E-state index in [0.717, 1.165) is 24.1 Å². The molecule has 1 nitrogen and oxygen atoms in total. The molecule has 0 aliphatic carbocycles. The van der Waals surface area contributed by atoms with E-state index in [1.165, 1.54) is 11.1 Å². The van der Waals surface area contributed by atoms with Gasteiger partial charge in [0.1, 0.15) is 5.67 Å². The molecule has 2 aromatic carbocycles. The normalized spacial score (nSPS) is 25.1. The minimum Gasteiger partial charge on any atom is -0.313 e. The number of benzene rings is 2. The van der Waals surface area contributed by atoms with Gasteiger partial charge in [-0.05, 0) is 55.5 Å². The molecule has 2 aromatic rings. The summed E-state index contributed by atoms with van der Waals surface area (Å²) in [6, 6.07) is 16.6. The second-order valence-corrected chi connectivity index (χ2v) is 6.51. The number of aryl methyl sites for hydroxylation is 1. The lowest BCUT2D eigenvalue weighted by atomic mass is 9.79. The van der Waals surface area contributed by atoms with Crippen molar-refractivity contribution in [2.75, 3.05) is 6.54 Å². The zero-order valence-corrected chi connectivity index (χ0v) is 13.4. The van der Waals surface area contributed by atoms with Crippen LogP contribution in [0, 0.1) is 13.8 Å². The van der Waals surface area contributed by atoms with Gasteiger partial charge in [-0.2, -0.15) is 0 Å². The predicted octanol–water partition coefficient (Wildman–Crippen LogP) is 4.46. The van der Waals surface area contributed by atoms with E-state index in [1.807, 2.05) is 37.3 Å². The van der Waals surface area contributed by atoms with Crippen LogP contribution in [0.4, 0.5) is 4.39 Å². The lowest BCUT2D eigenvalue weighted by molar-refractivity contribution is 0.0897. The molecule has 0 spiro atoms. The summed E-state index contributed by atoms with van der Waals surface area (Å²) in [5.41, 5.74) is 3.22. The number of halogens is 1. The molecule has 2 atom stereocenters. The Balaban J connectivity index is 1.81. The monoisotopic (exact) mass is 297 g/mol. The van der Waals surface area contributed by atoms with Gasteiger partial charge in [-0.15, -0.1) is 0 Å². The van der Waals surface area contributed by atoms with Crippen molar-refractivity contribution in [1.29, 1.82) is 0 Å². The Hall–Kier alpha value is -1.67. The predicted molar refractivity (Wildman–Crippen MR) is 89.9 cm³/mol. The fraction of sp³-hybridized carbons (Fsp3) is 0.400. The van der Waals surface area contributed by atoms with Crippen LogP contribution in [0.5, 0.6) is 0 Å². The summed E-state index contributed by atoms with van der Waals surface area (Å²) in [5, 5.41) is 3.49. The summed E-state index contributed by atoms with van der Waals surface area (Å²) < 4.78 is 15.7. The molecule has 0 aromatic heterocycles. The Morgan fingerprint density at radius 3 is 2.64 bits per heavy atom. The topological polar surface area (TPSA) is 12.0 Å². The number of piperidine rings is 1. The van der Waals surface area contributed by atoms with Crippen molar-refractivity contribution in [3.63, 3.8) is 0 Å². The highest BCUT2D eigenvalue weighted by molar-refractivity contribution is 5.38. The van der Waals surface area contributed by atoms with Crippen LogP contribution < -0.4 is 5.32 Å². The molecule has 1 heterocycles. The van der Waals surface area contributed by atoms with E-state index in [9.17, 15) is 0 Å². The van der Waals surface area contributed by atoms with Gasteiger partial charge in [0, 0.05) is 12.5 Å². The zero-order chi connectivity index (χ0) is 15.6. The summed E-state index contributed by atoms with van der Waals surface area (Å²) in [4.78, 5) is 0. The van der Waals surface area contributed by atoms with Gasteiger partial charge in [-0.25, -0.2) is 4.39 Å². The number of rotatable bonds is 3. The SMILES string of the molecule is Cc1cccc(C2(F)CCNC(Cc3ccccc3)C2)c1C. The fourth-order valence-electron chi connectivity index (χ4n) is 3.56. The first-order chi connectivity index (χ1) is 10.6. The minimum absolute atomic E-state index is 0.195. The molecule has 22 heavy (non-hydrogen) atoms. The molecule has 1 aliphatic rings. The van der Waals surface area contributed by atoms with Gasteiger partial charge in [0.05, 0.1) is 0 Å². The van der Waals surface area contributed by atoms with E-state index >= 15 is 4.39 Å². The van der Waals surface area contributed by atoms with Crippen LogP contribution in [0.2, 0.25) is 0 Å². The van der Waals surface area contributed by atoms with Gasteiger partial charge in [0.25, 0.3) is 0 Å². The molecule has 3 rings (SSSR count). The van der Waals surface area contributed by atoms with Crippen LogP contribution in [0.1, 0.15) is 35.1 Å². The summed E-state index contributed by atoms with van der Waals surface area (Å²) in [6.45, 7) is 4.84. The summed E-state index contributed by atoms with van der Waals surface area (Å²) in [7, 11) is 0. The fourth-order valence-corrected chi connectivity index (χ4v) is 3.56. The number of hydrogen-bond acceptors (Lipinski definition) is 1. The average molecular weight is 297 g/mol. The van der Waals surface area contributed by atoms with Crippen LogP contribution in [0.15, 0.2) is 48.5 Å². The van der Waals surface area contributed by atoms with Crippen LogP contribution in [0.3, 0.4) is 0 Å². The molecule has 1 N–H and O–H groups in total. The minimum atomic E-state index is -1.21. The average Bonchev–Trinajstić information content (AvgIpc) is 2.51. The summed E-state index contributed by atoms with van der Waals surface area (Å²) in [6.07, 6.45) is 1.99. The molecule has 2 unspecified atom stereocenters. The molecule has 0 saturated carbocycles. The number of hydrogen-bond donors (Lipinski definition) is 1. The molecule has 0 bridgehead atoms. The maximum Gasteiger partial charge on any atom is 0.139 e. The third-order valence-electron chi connectivity index (χ3n) is 4.94. The van der Waals surface area contributed by atoms with Gasteiger partial charge in [-0.1, -0.05) is 48.5 Å². The van der Waals surface area contributed by atoms with Gasteiger partial charge < -0.3 is 5.32 Å². The molecular weight excluding hydrogens is 273 g/mol. The molecule has 0 radical (unpaired) electrons. The van der Waals surface area contributed by atoms with Crippen molar-refractivity contribution in [3.8, 4) is 0 Å². The standard InChI is InChI=1S/C20H24FN/c1-15-7-6-10-19(16(15)2)20(21)11-12-22-18(14-20)13-17-8-4-3-5-9-17/h3-10,18,22H,11-14H2,1-2H3. The van der Waals surface area contributed by atoms with Crippen molar-refractivity contribution >= 4 is 0 Å². The maximum atomic E-state index is 15.7. The van der Waals surface area contributed by atoms with E-state index in [2.05, 4.69) is 30.4 Å². The first-order valence-electron chi connectivity index (χ1n) is 8.11. The molecule has 1 fully saturated rings. The Bertz CT molecular complexity index is 637. The van der Waals surface area contributed by atoms with Gasteiger partial charge in [0.15, 0.2) is 0 Å². The highest BCUT2D eigenvalue weighted by Gasteiger charge is 2.38. The Morgan fingerprint density at radius 2 is 1.86 bits per heavy atom.